The van der Waals surface area contributed by atoms with Crippen molar-refractivity contribution < 1.29 is 4.84 Å². The molecule has 1 fully saturated rings. The molecule has 0 unspecified atom stereocenters. The van der Waals surface area contributed by atoms with E-state index in [1.165, 1.54) is 25.7 Å². The molecule has 0 aliphatic heterocycles. The molecule has 0 spiro atoms. The predicted molar refractivity (Wildman–Crippen MR) is 46.6 cm³/mol. The van der Waals surface area contributed by atoms with Crippen LogP contribution in [0.1, 0.15) is 43.3 Å². The highest BCUT2D eigenvalue weighted by Crippen LogP contribution is 2.31. The van der Waals surface area contributed by atoms with Gasteiger partial charge in [0.25, 0.3) is 0 Å². The minimum absolute atomic E-state index is 0.305. The van der Waals surface area contributed by atoms with Crippen LogP contribution in [-0.4, -0.2) is 15.2 Å². The van der Waals surface area contributed by atoms with E-state index < -0.39 is 0 Å². The fourth-order valence-electron chi connectivity index (χ4n) is 1.82. The van der Waals surface area contributed by atoms with Crippen LogP contribution < -0.4 is 5.90 Å². The summed E-state index contributed by atoms with van der Waals surface area (Å²) in [5.41, 5.74) is 0. The van der Waals surface area contributed by atoms with Crippen molar-refractivity contribution in [3.8, 4) is 0 Å². The van der Waals surface area contributed by atoms with Gasteiger partial charge >= 0.3 is 0 Å². The van der Waals surface area contributed by atoms with Gasteiger partial charge in [-0.05, 0) is 12.8 Å². The van der Waals surface area contributed by atoms with Crippen LogP contribution in [0, 0.1) is 0 Å². The third kappa shape index (κ3) is 1.87. The van der Waals surface area contributed by atoms with Crippen molar-refractivity contribution in [2.24, 2.45) is 5.90 Å². The van der Waals surface area contributed by atoms with Gasteiger partial charge in [-0.2, -0.15) is 5.10 Å². The zero-order chi connectivity index (χ0) is 9.10. The van der Waals surface area contributed by atoms with E-state index in [9.17, 15) is 0 Å². The molecule has 1 saturated carbocycles. The van der Waals surface area contributed by atoms with E-state index in [1.807, 2.05) is 0 Å². The number of aromatic nitrogens is 3. The monoisotopic (exact) mass is 182 g/mol. The molecule has 13 heavy (non-hydrogen) atoms. The molecule has 1 aromatic rings. The zero-order valence-corrected chi connectivity index (χ0v) is 7.49. The van der Waals surface area contributed by atoms with Crippen LogP contribution in [0.4, 0.5) is 0 Å². The molecule has 5 nitrogen and oxygen atoms in total. The number of rotatable bonds is 3. The fourth-order valence-corrected chi connectivity index (χ4v) is 1.82. The predicted octanol–water partition coefficient (Wildman–Crippen LogP) is 0.853. The van der Waals surface area contributed by atoms with Crippen LogP contribution in [0.15, 0.2) is 0 Å². The molecule has 0 saturated heterocycles. The van der Waals surface area contributed by atoms with Crippen LogP contribution >= 0.6 is 0 Å². The third-order valence-electron chi connectivity index (χ3n) is 2.49. The number of hydrogen-bond acceptors (Lipinski definition) is 4. The molecule has 0 radical (unpaired) electrons. The summed E-state index contributed by atoms with van der Waals surface area (Å²) in [5.74, 6) is 7.11. The summed E-state index contributed by atoms with van der Waals surface area (Å²) in [6.45, 7) is 0.305. The molecule has 1 aliphatic carbocycles. The van der Waals surface area contributed by atoms with Gasteiger partial charge in [0.2, 0.25) is 0 Å². The lowest BCUT2D eigenvalue weighted by molar-refractivity contribution is 0.118. The Hall–Kier alpha value is -0.940. The van der Waals surface area contributed by atoms with Gasteiger partial charge in [-0.3, -0.25) is 9.94 Å². The van der Waals surface area contributed by atoms with Crippen LogP contribution in [0.2, 0.25) is 0 Å². The van der Waals surface area contributed by atoms with Gasteiger partial charge in [-0.25, -0.2) is 10.9 Å². The molecule has 1 aromatic heterocycles. The Morgan fingerprint density at radius 1 is 1.46 bits per heavy atom. The Labute approximate surface area is 76.6 Å². The first-order chi connectivity index (χ1) is 6.40. The summed E-state index contributed by atoms with van der Waals surface area (Å²) < 4.78 is 0. The Balaban J connectivity index is 2.03. The van der Waals surface area contributed by atoms with Gasteiger partial charge in [-0.1, -0.05) is 12.8 Å². The second kappa shape index (κ2) is 3.85. The van der Waals surface area contributed by atoms with Crippen molar-refractivity contribution in [3.05, 3.63) is 11.6 Å². The average Bonchev–Trinajstić information content (AvgIpc) is 2.70. The van der Waals surface area contributed by atoms with E-state index in [2.05, 4.69) is 20.0 Å². The lowest BCUT2D eigenvalue weighted by Gasteiger charge is -2.00. The second-order valence-electron chi connectivity index (χ2n) is 3.43. The molecule has 5 heteroatoms. The number of nitrogens with one attached hydrogen (secondary N) is 1. The first-order valence-electron chi connectivity index (χ1n) is 4.63. The summed E-state index contributed by atoms with van der Waals surface area (Å²) >= 11 is 0. The summed E-state index contributed by atoms with van der Waals surface area (Å²) in [4.78, 5) is 8.78. The van der Waals surface area contributed by atoms with Gasteiger partial charge in [0, 0.05) is 5.92 Å². The molecule has 2 rings (SSSR count). The number of nitrogens with two attached hydrogens (primary N) is 1. The summed E-state index contributed by atoms with van der Waals surface area (Å²) in [6, 6.07) is 0. The number of hydrogen-bond donors (Lipinski definition) is 2. The SMILES string of the molecule is NOCc1nc(C2CCCC2)n[nH]1. The Bertz CT molecular complexity index is 267. The van der Waals surface area contributed by atoms with Gasteiger partial charge in [-0.15, -0.1) is 0 Å². The molecular weight excluding hydrogens is 168 g/mol. The number of aromatic amines is 1. The lowest BCUT2D eigenvalue weighted by atomic mass is 10.1. The highest BCUT2D eigenvalue weighted by atomic mass is 16.6. The standard InChI is InChI=1S/C8H14N4O/c9-13-5-7-10-8(12-11-7)6-3-1-2-4-6/h6H,1-5,9H2,(H,10,11,12). The smallest absolute Gasteiger partial charge is 0.153 e. The minimum Gasteiger partial charge on any atom is -0.297 e. The van der Waals surface area contributed by atoms with Crippen molar-refractivity contribution in [2.45, 2.75) is 38.2 Å². The van der Waals surface area contributed by atoms with E-state index in [1.54, 1.807) is 0 Å². The first-order valence-corrected chi connectivity index (χ1v) is 4.63. The average molecular weight is 182 g/mol. The highest BCUT2D eigenvalue weighted by molar-refractivity contribution is 4.99. The normalized spacial score (nSPS) is 18.2. The lowest BCUT2D eigenvalue weighted by Crippen LogP contribution is -2.00. The fraction of sp³-hybridized carbons (Fsp3) is 0.750. The largest absolute Gasteiger partial charge is 0.297 e. The van der Waals surface area contributed by atoms with Crippen molar-refractivity contribution in [2.75, 3.05) is 0 Å². The minimum atomic E-state index is 0.305. The zero-order valence-electron chi connectivity index (χ0n) is 7.49. The van der Waals surface area contributed by atoms with Gasteiger partial charge in [0.05, 0.1) is 0 Å². The highest BCUT2D eigenvalue weighted by Gasteiger charge is 2.20. The number of H-pyrrole nitrogens is 1. The molecule has 1 heterocycles. The second-order valence-corrected chi connectivity index (χ2v) is 3.43. The molecule has 0 amide bonds. The Morgan fingerprint density at radius 2 is 2.23 bits per heavy atom. The maximum Gasteiger partial charge on any atom is 0.153 e. The molecule has 3 N–H and O–H groups in total. The van der Waals surface area contributed by atoms with E-state index in [0.717, 1.165) is 5.82 Å². The van der Waals surface area contributed by atoms with E-state index in [4.69, 9.17) is 5.90 Å². The number of nitrogens with zero attached hydrogens (tertiary/aromatic N) is 2. The molecule has 0 aromatic carbocycles. The van der Waals surface area contributed by atoms with E-state index >= 15 is 0 Å². The van der Waals surface area contributed by atoms with Crippen LogP contribution in [0.3, 0.4) is 0 Å². The van der Waals surface area contributed by atoms with E-state index in [0.29, 0.717) is 18.3 Å². The molecular formula is C8H14N4O. The Kier molecular flexibility index (Phi) is 2.56. The Morgan fingerprint density at radius 3 is 2.92 bits per heavy atom. The summed E-state index contributed by atoms with van der Waals surface area (Å²) in [5, 5.41) is 6.96. The molecule has 0 bridgehead atoms. The van der Waals surface area contributed by atoms with Crippen molar-refractivity contribution in [1.82, 2.24) is 15.2 Å². The molecule has 1 aliphatic rings. The van der Waals surface area contributed by atoms with Crippen molar-refractivity contribution in [1.29, 1.82) is 0 Å². The maximum atomic E-state index is 4.94. The van der Waals surface area contributed by atoms with Gasteiger partial charge < -0.3 is 0 Å². The van der Waals surface area contributed by atoms with E-state index in [-0.39, 0.29) is 0 Å². The topological polar surface area (TPSA) is 76.8 Å². The molecule has 72 valence electrons. The van der Waals surface area contributed by atoms with Crippen LogP contribution in [-0.2, 0) is 11.4 Å². The van der Waals surface area contributed by atoms with Crippen LogP contribution in [0.5, 0.6) is 0 Å². The van der Waals surface area contributed by atoms with Crippen LogP contribution in [0.25, 0.3) is 0 Å². The third-order valence-corrected chi connectivity index (χ3v) is 2.49. The summed E-state index contributed by atoms with van der Waals surface area (Å²) in [7, 11) is 0. The quantitative estimate of drug-likeness (QED) is 0.679. The van der Waals surface area contributed by atoms with Crippen molar-refractivity contribution >= 4 is 0 Å². The van der Waals surface area contributed by atoms with Gasteiger partial charge in [0.1, 0.15) is 6.61 Å². The maximum absolute atomic E-state index is 4.94. The molecule has 0 atom stereocenters. The first kappa shape index (κ1) is 8.65. The van der Waals surface area contributed by atoms with Gasteiger partial charge in [0.15, 0.2) is 11.6 Å². The summed E-state index contributed by atoms with van der Waals surface area (Å²) in [6.07, 6.45) is 5.01. The van der Waals surface area contributed by atoms with Crippen molar-refractivity contribution in [3.63, 3.8) is 0 Å².